The number of amides is 1. The lowest BCUT2D eigenvalue weighted by Gasteiger charge is -2.34. The number of rotatable bonds is 11. The second kappa shape index (κ2) is 13.8. The minimum atomic E-state index is -0.487. The largest absolute Gasteiger partial charge is 0.453 e. The summed E-state index contributed by atoms with van der Waals surface area (Å²) in [6.07, 6.45) is 9.71. The van der Waals surface area contributed by atoms with Gasteiger partial charge in [0, 0.05) is 63.5 Å². The Morgan fingerprint density at radius 2 is 1.83 bits per heavy atom. The van der Waals surface area contributed by atoms with E-state index in [1.807, 2.05) is 18.3 Å². The monoisotopic (exact) mass is 655 g/mol. The van der Waals surface area contributed by atoms with E-state index in [9.17, 15) is 9.59 Å². The summed E-state index contributed by atoms with van der Waals surface area (Å²) in [5, 5.41) is 0. The van der Waals surface area contributed by atoms with Gasteiger partial charge in [0.05, 0.1) is 26.7 Å². The number of hydrogen-bond donors (Lipinski definition) is 0. The van der Waals surface area contributed by atoms with Gasteiger partial charge in [-0.15, -0.1) is 11.3 Å². The molecule has 246 valence electrons. The average molecular weight is 656 g/mol. The summed E-state index contributed by atoms with van der Waals surface area (Å²) in [7, 11) is 4.19. The number of piperidine rings is 1. The third-order valence-electron chi connectivity index (χ3n) is 9.75. The van der Waals surface area contributed by atoms with Crippen molar-refractivity contribution in [1.82, 2.24) is 24.7 Å². The molecule has 3 aliphatic rings. The van der Waals surface area contributed by atoms with Gasteiger partial charge in [0.2, 0.25) is 5.91 Å². The van der Waals surface area contributed by atoms with Gasteiger partial charge in [0.15, 0.2) is 11.6 Å². The Morgan fingerprint density at radius 1 is 0.979 bits per heavy atom. The highest BCUT2D eigenvalue weighted by Crippen LogP contribution is 2.39. The fourth-order valence-corrected chi connectivity index (χ4v) is 7.91. The highest BCUT2D eigenvalue weighted by molar-refractivity contribution is 7.22. The smallest absolute Gasteiger partial charge is 0.227 e. The van der Waals surface area contributed by atoms with E-state index in [1.165, 1.54) is 17.4 Å². The third-order valence-corrected chi connectivity index (χ3v) is 10.9. The van der Waals surface area contributed by atoms with Gasteiger partial charge in [-0.05, 0) is 94.1 Å². The van der Waals surface area contributed by atoms with E-state index >= 15 is 4.39 Å². The molecule has 1 aromatic carbocycles. The summed E-state index contributed by atoms with van der Waals surface area (Å²) in [4.78, 5) is 42.5. The van der Waals surface area contributed by atoms with Crippen LogP contribution >= 0.6 is 11.3 Å². The molecule has 1 amide bonds. The van der Waals surface area contributed by atoms with Gasteiger partial charge in [-0.3, -0.25) is 24.5 Å². The number of likely N-dealkylation sites (N-methyl/N-ethyl adjacent to an activating group) is 1. The summed E-state index contributed by atoms with van der Waals surface area (Å²) in [6, 6.07) is 13.1. The van der Waals surface area contributed by atoms with E-state index in [4.69, 9.17) is 9.72 Å². The second-order valence-electron chi connectivity index (χ2n) is 13.7. The summed E-state index contributed by atoms with van der Waals surface area (Å²) < 4.78 is 21.9. The molecule has 1 unspecified atom stereocenters. The van der Waals surface area contributed by atoms with Gasteiger partial charge in [0.25, 0.3) is 0 Å². The van der Waals surface area contributed by atoms with Crippen molar-refractivity contribution in [1.29, 1.82) is 0 Å². The quantitative estimate of drug-likeness (QED) is 0.181. The van der Waals surface area contributed by atoms with Crippen LogP contribution in [0.15, 0.2) is 54.9 Å². The number of thiophene rings is 1. The van der Waals surface area contributed by atoms with Crippen molar-refractivity contribution in [3.05, 3.63) is 71.8 Å². The zero-order valence-electron chi connectivity index (χ0n) is 27.2. The van der Waals surface area contributed by atoms with E-state index in [0.717, 1.165) is 91.2 Å². The Balaban J connectivity index is 0.983. The van der Waals surface area contributed by atoms with Crippen LogP contribution < -0.4 is 4.74 Å². The molecule has 7 rings (SSSR count). The van der Waals surface area contributed by atoms with E-state index < -0.39 is 5.82 Å². The van der Waals surface area contributed by atoms with Gasteiger partial charge in [-0.1, -0.05) is 12.1 Å². The number of ether oxygens (including phenoxy) is 1. The molecule has 1 saturated carbocycles. The molecule has 47 heavy (non-hydrogen) atoms. The minimum Gasteiger partial charge on any atom is -0.453 e. The molecule has 3 fully saturated rings. The number of nitrogens with zero attached hydrogens (tertiary/aromatic N) is 5. The maximum atomic E-state index is 15.0. The number of carbonyl (C=O) groups is 2. The SMILES string of the molecule is CN(C)[C@H]1CCN(C(=O)C2CCCN(Cc3ccc(-c4cc5nccc(Oc6ccc(CC(=O)CC7CC7)cc6F)c5s4)nc3)C2)C1. The summed E-state index contributed by atoms with van der Waals surface area (Å²) in [6.45, 7) is 4.23. The van der Waals surface area contributed by atoms with Crippen molar-refractivity contribution in [2.45, 2.75) is 57.5 Å². The average Bonchev–Trinajstić information content (AvgIpc) is 3.53. The molecule has 2 saturated heterocycles. The van der Waals surface area contributed by atoms with E-state index in [0.29, 0.717) is 35.6 Å². The lowest BCUT2D eigenvalue weighted by molar-refractivity contribution is -0.136. The number of benzene rings is 1. The Kier molecular flexibility index (Phi) is 9.34. The second-order valence-corrected chi connectivity index (χ2v) is 14.7. The third kappa shape index (κ3) is 7.55. The molecule has 1 aliphatic carbocycles. The van der Waals surface area contributed by atoms with E-state index in [-0.39, 0.29) is 23.9 Å². The molecule has 3 aromatic heterocycles. The maximum absolute atomic E-state index is 15.0. The molecule has 0 spiro atoms. The molecule has 2 atom stereocenters. The number of halogens is 1. The zero-order valence-corrected chi connectivity index (χ0v) is 28.0. The first kappa shape index (κ1) is 31.8. The number of likely N-dealkylation sites (tertiary alicyclic amines) is 2. The van der Waals surface area contributed by atoms with Crippen LogP contribution in [-0.4, -0.2) is 82.7 Å². The van der Waals surface area contributed by atoms with Crippen molar-refractivity contribution >= 4 is 33.2 Å². The predicted molar refractivity (Wildman–Crippen MR) is 182 cm³/mol. The molecule has 8 nitrogen and oxygen atoms in total. The summed E-state index contributed by atoms with van der Waals surface area (Å²) >= 11 is 1.51. The van der Waals surface area contributed by atoms with Gasteiger partial charge >= 0.3 is 0 Å². The number of hydrogen-bond acceptors (Lipinski definition) is 8. The van der Waals surface area contributed by atoms with Crippen molar-refractivity contribution in [2.75, 3.05) is 40.3 Å². The number of ketones is 1. The topological polar surface area (TPSA) is 78.9 Å². The molecule has 0 N–H and O–H groups in total. The zero-order chi connectivity index (χ0) is 32.5. The molecular formula is C37H42FN5O3S. The van der Waals surface area contributed by atoms with E-state index in [1.54, 1.807) is 24.4 Å². The lowest BCUT2D eigenvalue weighted by atomic mass is 9.96. The number of fused-ring (bicyclic) bond motifs is 1. The van der Waals surface area contributed by atoms with Crippen LogP contribution in [0.3, 0.4) is 0 Å². The van der Waals surface area contributed by atoms with Gasteiger partial charge in [-0.25, -0.2) is 4.39 Å². The Hall–Kier alpha value is -3.73. The van der Waals surface area contributed by atoms with Gasteiger partial charge < -0.3 is 14.5 Å². The molecule has 5 heterocycles. The first-order valence-corrected chi connectivity index (χ1v) is 17.6. The number of carbonyl (C=O) groups excluding carboxylic acids is 2. The van der Waals surface area contributed by atoms with E-state index in [2.05, 4.69) is 39.8 Å². The summed E-state index contributed by atoms with van der Waals surface area (Å²) in [5.41, 5.74) is 3.38. The molecule has 4 aromatic rings. The molecule has 0 radical (unpaired) electrons. The first-order valence-electron chi connectivity index (χ1n) is 16.8. The van der Waals surface area contributed by atoms with Crippen molar-refractivity contribution in [3.63, 3.8) is 0 Å². The van der Waals surface area contributed by atoms with Crippen LogP contribution in [0.4, 0.5) is 4.39 Å². The summed E-state index contributed by atoms with van der Waals surface area (Å²) in [5.74, 6) is 1.21. The van der Waals surface area contributed by atoms with Crippen molar-refractivity contribution in [3.8, 4) is 22.1 Å². The standard InChI is InChI=1S/C37H42FN5O3S/c1-41(2)28-12-15-43(23-28)37(45)27-4-3-14-42(22-27)21-26-7-9-31(40-20-26)35-19-32-36(47-35)34(11-13-39-32)46-33-10-8-25(18-30(33)38)17-29(44)16-24-5-6-24/h7-11,13,18-20,24,27-28H,3-6,12,14-17,21-23H2,1-2H3/t27?,28-/m0/s1. The van der Waals surface area contributed by atoms with Crippen molar-refractivity contribution < 1.29 is 18.7 Å². The molecular weight excluding hydrogens is 614 g/mol. The molecule has 0 bridgehead atoms. The van der Waals surface area contributed by atoms with Gasteiger partial charge in [0.1, 0.15) is 11.5 Å². The van der Waals surface area contributed by atoms with Crippen LogP contribution in [0.25, 0.3) is 20.8 Å². The number of Topliss-reactive ketones (excluding diaryl/α,β-unsaturated/α-hetero) is 1. The van der Waals surface area contributed by atoms with Crippen LogP contribution in [0.5, 0.6) is 11.5 Å². The van der Waals surface area contributed by atoms with Crippen LogP contribution in [0.2, 0.25) is 0 Å². The lowest BCUT2D eigenvalue weighted by Crippen LogP contribution is -2.44. The van der Waals surface area contributed by atoms with Crippen molar-refractivity contribution in [2.24, 2.45) is 11.8 Å². The highest BCUT2D eigenvalue weighted by Gasteiger charge is 2.34. The molecule has 2 aliphatic heterocycles. The Morgan fingerprint density at radius 3 is 2.57 bits per heavy atom. The normalized spacial score (nSPS) is 20.3. The Labute approximate surface area is 279 Å². The van der Waals surface area contributed by atoms with Gasteiger partial charge in [-0.2, -0.15) is 0 Å². The Bertz CT molecular complexity index is 1750. The van der Waals surface area contributed by atoms with Crippen LogP contribution in [0.1, 0.15) is 49.7 Å². The number of pyridine rings is 2. The maximum Gasteiger partial charge on any atom is 0.227 e. The fourth-order valence-electron chi connectivity index (χ4n) is 6.87. The highest BCUT2D eigenvalue weighted by atomic mass is 32.1. The predicted octanol–water partition coefficient (Wildman–Crippen LogP) is 6.58. The first-order chi connectivity index (χ1) is 22.8. The van der Waals surface area contributed by atoms with Crippen LogP contribution in [-0.2, 0) is 22.6 Å². The number of aromatic nitrogens is 2. The molecule has 10 heteroatoms. The minimum absolute atomic E-state index is 0.0620. The van der Waals surface area contributed by atoms with Crippen LogP contribution in [0, 0.1) is 17.7 Å². The fraction of sp³-hybridized carbons (Fsp3) is 0.459.